The molecule has 0 bridgehead atoms. The fourth-order valence-electron chi connectivity index (χ4n) is 0.609. The number of carbonyl (C=O) groups is 2. The van der Waals surface area contributed by atoms with Gasteiger partial charge in [0, 0.05) is 13.0 Å². The molecule has 0 radical (unpaired) electrons. The van der Waals surface area contributed by atoms with Gasteiger partial charge in [0.25, 0.3) is 0 Å². The van der Waals surface area contributed by atoms with Crippen molar-refractivity contribution in [3.8, 4) is 0 Å². The number of aliphatic hydroxyl groups excluding tert-OH is 1. The molecule has 0 spiro atoms. The van der Waals surface area contributed by atoms with Gasteiger partial charge in [-0.15, -0.1) is 0 Å². The first-order chi connectivity index (χ1) is 5.02. The summed E-state index contributed by atoms with van der Waals surface area (Å²) in [4.78, 5) is 20.2. The smallest absolute Gasteiger partial charge is 0.404 e. The molecule has 0 aliphatic heterocycles. The summed E-state index contributed by atoms with van der Waals surface area (Å²) in [5, 5.41) is 19.0. The van der Waals surface area contributed by atoms with Crippen molar-refractivity contribution in [3.63, 3.8) is 0 Å². The van der Waals surface area contributed by atoms with Gasteiger partial charge < -0.3 is 15.5 Å². The second-order valence-corrected chi connectivity index (χ2v) is 2.25. The molecule has 0 rings (SSSR count). The molecule has 1 unspecified atom stereocenters. The summed E-state index contributed by atoms with van der Waals surface area (Å²) in [6.07, 6.45) is -2.13. The fraction of sp³-hybridized carbons (Fsp3) is 0.667. The van der Waals surface area contributed by atoms with E-state index in [1.54, 1.807) is 0 Å². The standard InChI is InChI=1S/C6H11NO4/c1-4(8)2-5(9)3-7-6(10)11/h5,7,9H,2-3H2,1H3,(H,10,11). The maximum Gasteiger partial charge on any atom is 0.404 e. The van der Waals surface area contributed by atoms with Gasteiger partial charge in [-0.3, -0.25) is 4.79 Å². The quantitative estimate of drug-likeness (QED) is 0.523. The lowest BCUT2D eigenvalue weighted by Crippen LogP contribution is -2.31. The highest BCUT2D eigenvalue weighted by atomic mass is 16.4. The topological polar surface area (TPSA) is 86.6 Å². The third kappa shape index (κ3) is 6.79. The van der Waals surface area contributed by atoms with Crippen LogP contribution in [0.3, 0.4) is 0 Å². The Bertz CT molecular complexity index is 157. The minimum Gasteiger partial charge on any atom is -0.465 e. The van der Waals surface area contributed by atoms with Crippen LogP contribution in [0.15, 0.2) is 0 Å². The minimum absolute atomic E-state index is 0.0136. The number of carbonyl (C=O) groups excluding carboxylic acids is 1. The first-order valence-electron chi connectivity index (χ1n) is 3.16. The summed E-state index contributed by atoms with van der Waals surface area (Å²) >= 11 is 0. The summed E-state index contributed by atoms with van der Waals surface area (Å²) in [6.45, 7) is 1.24. The molecule has 0 aliphatic carbocycles. The van der Waals surface area contributed by atoms with Gasteiger partial charge in [0.1, 0.15) is 5.78 Å². The van der Waals surface area contributed by atoms with E-state index in [1.165, 1.54) is 6.92 Å². The van der Waals surface area contributed by atoms with E-state index in [0.717, 1.165) is 0 Å². The lowest BCUT2D eigenvalue weighted by Gasteiger charge is -2.06. The van der Waals surface area contributed by atoms with Crippen molar-refractivity contribution in [3.05, 3.63) is 0 Å². The zero-order valence-electron chi connectivity index (χ0n) is 6.20. The van der Waals surface area contributed by atoms with E-state index < -0.39 is 12.2 Å². The van der Waals surface area contributed by atoms with Gasteiger partial charge in [-0.25, -0.2) is 4.79 Å². The second-order valence-electron chi connectivity index (χ2n) is 2.25. The number of hydrogen-bond acceptors (Lipinski definition) is 3. The molecule has 0 aromatic heterocycles. The molecule has 11 heavy (non-hydrogen) atoms. The molecule has 1 amide bonds. The molecule has 0 fully saturated rings. The van der Waals surface area contributed by atoms with Crippen LogP contribution in [0.5, 0.6) is 0 Å². The van der Waals surface area contributed by atoms with E-state index >= 15 is 0 Å². The number of ketones is 1. The molecule has 0 saturated heterocycles. The Balaban J connectivity index is 3.44. The number of rotatable bonds is 4. The molecule has 0 aromatic rings. The summed E-state index contributed by atoms with van der Waals surface area (Å²) in [5.74, 6) is -0.162. The van der Waals surface area contributed by atoms with Gasteiger partial charge in [-0.2, -0.15) is 0 Å². The van der Waals surface area contributed by atoms with Crippen molar-refractivity contribution in [1.29, 1.82) is 0 Å². The highest BCUT2D eigenvalue weighted by Crippen LogP contribution is 1.90. The molecule has 3 N–H and O–H groups in total. The summed E-state index contributed by atoms with van der Waals surface area (Å²) in [6, 6.07) is 0. The Hall–Kier alpha value is -1.10. The average molecular weight is 161 g/mol. The number of amides is 1. The van der Waals surface area contributed by atoms with Crippen molar-refractivity contribution >= 4 is 11.9 Å². The van der Waals surface area contributed by atoms with Crippen LogP contribution >= 0.6 is 0 Å². The predicted molar refractivity (Wildman–Crippen MR) is 37.3 cm³/mol. The first-order valence-corrected chi connectivity index (χ1v) is 3.16. The Labute approximate surface area is 64.0 Å². The second kappa shape index (κ2) is 4.68. The van der Waals surface area contributed by atoms with Gasteiger partial charge in [0.15, 0.2) is 0 Å². The first kappa shape index (κ1) is 9.90. The van der Waals surface area contributed by atoms with Crippen LogP contribution in [-0.2, 0) is 4.79 Å². The van der Waals surface area contributed by atoms with Gasteiger partial charge in [-0.05, 0) is 6.92 Å². The molecule has 0 aliphatic rings. The predicted octanol–water partition coefficient (Wildman–Crippen LogP) is -0.406. The van der Waals surface area contributed by atoms with E-state index in [4.69, 9.17) is 10.2 Å². The molecule has 0 saturated carbocycles. The molecular formula is C6H11NO4. The number of nitrogens with one attached hydrogen (secondary N) is 1. The molecule has 1 atom stereocenters. The van der Waals surface area contributed by atoms with E-state index in [1.807, 2.05) is 5.32 Å². The lowest BCUT2D eigenvalue weighted by molar-refractivity contribution is -0.118. The average Bonchev–Trinajstić information content (AvgIpc) is 1.82. The van der Waals surface area contributed by atoms with Crippen molar-refractivity contribution in [2.24, 2.45) is 0 Å². The van der Waals surface area contributed by atoms with Crippen molar-refractivity contribution in [2.45, 2.75) is 19.4 Å². The summed E-state index contributed by atoms with van der Waals surface area (Å²) in [7, 11) is 0. The van der Waals surface area contributed by atoms with E-state index in [2.05, 4.69) is 0 Å². The number of aliphatic hydroxyl groups is 1. The van der Waals surface area contributed by atoms with Crippen molar-refractivity contribution < 1.29 is 19.8 Å². The zero-order valence-corrected chi connectivity index (χ0v) is 6.20. The Kier molecular flexibility index (Phi) is 4.21. The third-order valence-corrected chi connectivity index (χ3v) is 1.01. The van der Waals surface area contributed by atoms with Crippen LogP contribution in [0.1, 0.15) is 13.3 Å². The van der Waals surface area contributed by atoms with Crippen molar-refractivity contribution in [2.75, 3.05) is 6.54 Å². The van der Waals surface area contributed by atoms with E-state index in [0.29, 0.717) is 0 Å². The number of Topliss-reactive ketones (excluding diaryl/α,β-unsaturated/α-hetero) is 1. The van der Waals surface area contributed by atoms with Crippen molar-refractivity contribution in [1.82, 2.24) is 5.32 Å². The van der Waals surface area contributed by atoms with Gasteiger partial charge >= 0.3 is 6.09 Å². The van der Waals surface area contributed by atoms with Crippen LogP contribution < -0.4 is 5.32 Å². The van der Waals surface area contributed by atoms with E-state index in [-0.39, 0.29) is 18.7 Å². The molecule has 64 valence electrons. The normalized spacial score (nSPS) is 12.2. The summed E-state index contributed by atoms with van der Waals surface area (Å²) in [5.41, 5.74) is 0. The van der Waals surface area contributed by atoms with Crippen LogP contribution in [0, 0.1) is 0 Å². The zero-order chi connectivity index (χ0) is 8.85. The monoisotopic (exact) mass is 161 g/mol. The van der Waals surface area contributed by atoms with Gasteiger partial charge in [0.2, 0.25) is 0 Å². The third-order valence-electron chi connectivity index (χ3n) is 1.01. The molecule has 5 heteroatoms. The molecule has 0 heterocycles. The van der Waals surface area contributed by atoms with Crippen LogP contribution in [0.4, 0.5) is 4.79 Å². The lowest BCUT2D eigenvalue weighted by atomic mass is 10.2. The van der Waals surface area contributed by atoms with E-state index in [9.17, 15) is 9.59 Å². The maximum atomic E-state index is 10.4. The Morgan fingerprint density at radius 3 is 2.45 bits per heavy atom. The van der Waals surface area contributed by atoms with Crippen LogP contribution in [0.25, 0.3) is 0 Å². The Morgan fingerprint density at radius 2 is 2.09 bits per heavy atom. The fourth-order valence-corrected chi connectivity index (χ4v) is 0.609. The number of carboxylic acid groups (broad SMARTS) is 1. The van der Waals surface area contributed by atoms with Gasteiger partial charge in [-0.1, -0.05) is 0 Å². The number of hydrogen-bond donors (Lipinski definition) is 3. The highest BCUT2D eigenvalue weighted by molar-refractivity contribution is 5.76. The highest BCUT2D eigenvalue weighted by Gasteiger charge is 2.07. The Morgan fingerprint density at radius 1 is 1.55 bits per heavy atom. The van der Waals surface area contributed by atoms with Crippen LogP contribution in [-0.4, -0.2) is 34.7 Å². The van der Waals surface area contributed by atoms with Gasteiger partial charge in [0.05, 0.1) is 6.10 Å². The molecule has 5 nitrogen and oxygen atoms in total. The SMILES string of the molecule is CC(=O)CC(O)CNC(=O)O. The van der Waals surface area contributed by atoms with Crippen LogP contribution in [0.2, 0.25) is 0 Å². The molecule has 0 aromatic carbocycles. The molecular weight excluding hydrogens is 150 g/mol. The summed E-state index contributed by atoms with van der Waals surface area (Å²) < 4.78 is 0. The largest absolute Gasteiger partial charge is 0.465 e. The maximum absolute atomic E-state index is 10.4. The minimum atomic E-state index is -1.20.